The Balaban J connectivity index is 1.79. The molecule has 0 radical (unpaired) electrons. The summed E-state index contributed by atoms with van der Waals surface area (Å²) in [5.74, 6) is 2.81. The van der Waals surface area contributed by atoms with Crippen LogP contribution in [0.25, 0.3) is 0 Å². The minimum absolute atomic E-state index is 0.0462. The Bertz CT molecular complexity index is 514. The lowest BCUT2D eigenvalue weighted by Gasteiger charge is -2.57. The van der Waals surface area contributed by atoms with Crippen LogP contribution in [0.3, 0.4) is 0 Å². The van der Waals surface area contributed by atoms with E-state index in [1.807, 2.05) is 6.07 Å². The number of methoxy groups -OCH3 is 1. The van der Waals surface area contributed by atoms with Crippen molar-refractivity contribution >= 4 is 0 Å². The van der Waals surface area contributed by atoms with Crippen LogP contribution in [0.2, 0.25) is 0 Å². The standard InChI is InChI=1S/C17H22O3/c1-20-15-6-13(5-14(18)16(15)19)17-7-10-2-11(8-17)4-12(3-10)9-17/h5-6,10-12,18-19H,2-4,7-9H2,1H3. The molecular formula is C17H22O3. The molecule has 1 aromatic carbocycles. The molecule has 5 rings (SSSR count). The second kappa shape index (κ2) is 4.06. The van der Waals surface area contributed by atoms with E-state index in [0.717, 1.165) is 17.8 Å². The fourth-order valence-corrected chi connectivity index (χ4v) is 5.52. The maximum Gasteiger partial charge on any atom is 0.200 e. The zero-order valence-electron chi connectivity index (χ0n) is 11.9. The average molecular weight is 274 g/mol. The number of ether oxygens (including phenoxy) is 1. The van der Waals surface area contributed by atoms with Gasteiger partial charge in [0.05, 0.1) is 7.11 Å². The quantitative estimate of drug-likeness (QED) is 0.810. The van der Waals surface area contributed by atoms with Gasteiger partial charge in [0.15, 0.2) is 11.5 Å². The minimum atomic E-state index is -0.138. The van der Waals surface area contributed by atoms with Gasteiger partial charge in [0, 0.05) is 0 Å². The lowest BCUT2D eigenvalue weighted by Crippen LogP contribution is -2.48. The van der Waals surface area contributed by atoms with Gasteiger partial charge in [-0.05, 0) is 79.4 Å². The van der Waals surface area contributed by atoms with Gasteiger partial charge >= 0.3 is 0 Å². The summed E-state index contributed by atoms with van der Waals surface area (Å²) in [6, 6.07) is 3.72. The van der Waals surface area contributed by atoms with Crippen molar-refractivity contribution in [1.82, 2.24) is 0 Å². The van der Waals surface area contributed by atoms with Crippen LogP contribution in [-0.4, -0.2) is 17.3 Å². The minimum Gasteiger partial charge on any atom is -0.504 e. The highest BCUT2D eigenvalue weighted by molar-refractivity contribution is 5.54. The topological polar surface area (TPSA) is 49.7 Å². The Labute approximate surface area is 119 Å². The largest absolute Gasteiger partial charge is 0.504 e. The van der Waals surface area contributed by atoms with E-state index in [9.17, 15) is 10.2 Å². The van der Waals surface area contributed by atoms with Crippen molar-refractivity contribution in [1.29, 1.82) is 0 Å². The summed E-state index contributed by atoms with van der Waals surface area (Å²) in [5.41, 5.74) is 1.39. The zero-order chi connectivity index (χ0) is 13.9. The van der Waals surface area contributed by atoms with Crippen molar-refractivity contribution in [2.45, 2.75) is 43.9 Å². The van der Waals surface area contributed by atoms with Crippen LogP contribution in [0.1, 0.15) is 44.1 Å². The highest BCUT2D eigenvalue weighted by Crippen LogP contribution is 2.61. The Morgan fingerprint density at radius 2 is 1.55 bits per heavy atom. The second-order valence-electron chi connectivity index (χ2n) is 7.24. The van der Waals surface area contributed by atoms with E-state index in [1.54, 1.807) is 6.07 Å². The summed E-state index contributed by atoms with van der Waals surface area (Å²) in [5, 5.41) is 19.8. The van der Waals surface area contributed by atoms with Gasteiger partial charge in [-0.2, -0.15) is 0 Å². The van der Waals surface area contributed by atoms with E-state index in [2.05, 4.69) is 0 Å². The molecule has 4 saturated carbocycles. The molecule has 3 heteroatoms. The fourth-order valence-electron chi connectivity index (χ4n) is 5.52. The van der Waals surface area contributed by atoms with E-state index in [1.165, 1.54) is 51.2 Å². The molecular weight excluding hydrogens is 252 g/mol. The van der Waals surface area contributed by atoms with E-state index < -0.39 is 0 Å². The fraction of sp³-hybridized carbons (Fsp3) is 0.647. The first kappa shape index (κ1) is 12.4. The van der Waals surface area contributed by atoms with Crippen LogP contribution < -0.4 is 4.74 Å². The van der Waals surface area contributed by atoms with Gasteiger partial charge in [-0.1, -0.05) is 0 Å². The average Bonchev–Trinajstić information content (AvgIpc) is 2.40. The summed E-state index contributed by atoms with van der Waals surface area (Å²) >= 11 is 0. The van der Waals surface area contributed by atoms with Crippen molar-refractivity contribution in [3.63, 3.8) is 0 Å². The van der Waals surface area contributed by atoms with Crippen LogP contribution in [0.15, 0.2) is 12.1 Å². The second-order valence-corrected chi connectivity index (χ2v) is 7.24. The number of rotatable bonds is 2. The third-order valence-electron chi connectivity index (χ3n) is 5.93. The van der Waals surface area contributed by atoms with Gasteiger partial charge in [-0.15, -0.1) is 0 Å². The lowest BCUT2D eigenvalue weighted by atomic mass is 9.48. The molecule has 20 heavy (non-hydrogen) atoms. The number of phenolic OH excluding ortho intramolecular Hbond substituents is 2. The smallest absolute Gasteiger partial charge is 0.200 e. The van der Waals surface area contributed by atoms with E-state index in [0.29, 0.717) is 5.75 Å². The van der Waals surface area contributed by atoms with E-state index >= 15 is 0 Å². The molecule has 3 nitrogen and oxygen atoms in total. The highest BCUT2D eigenvalue weighted by atomic mass is 16.5. The molecule has 2 N–H and O–H groups in total. The summed E-state index contributed by atoms with van der Waals surface area (Å²) < 4.78 is 5.22. The summed E-state index contributed by atoms with van der Waals surface area (Å²) in [6.07, 6.45) is 7.94. The molecule has 1 aromatic rings. The maximum atomic E-state index is 9.98. The molecule has 4 aliphatic carbocycles. The van der Waals surface area contributed by atoms with Crippen LogP contribution in [0.4, 0.5) is 0 Å². The van der Waals surface area contributed by atoms with Crippen molar-refractivity contribution in [2.75, 3.05) is 7.11 Å². The number of phenols is 2. The third kappa shape index (κ3) is 1.65. The summed E-state index contributed by atoms with van der Waals surface area (Å²) in [6.45, 7) is 0. The number of hydrogen-bond donors (Lipinski definition) is 2. The third-order valence-corrected chi connectivity index (χ3v) is 5.93. The van der Waals surface area contributed by atoms with Gasteiger partial charge in [-0.3, -0.25) is 0 Å². The van der Waals surface area contributed by atoms with Gasteiger partial charge in [0.1, 0.15) is 0 Å². The van der Waals surface area contributed by atoms with Crippen LogP contribution >= 0.6 is 0 Å². The first-order valence-electron chi connectivity index (χ1n) is 7.70. The summed E-state index contributed by atoms with van der Waals surface area (Å²) in [4.78, 5) is 0. The van der Waals surface area contributed by atoms with Crippen molar-refractivity contribution in [2.24, 2.45) is 17.8 Å². The molecule has 0 unspecified atom stereocenters. The molecule has 4 aliphatic rings. The normalized spacial score (nSPS) is 38.1. The number of benzene rings is 1. The molecule has 0 aromatic heterocycles. The first-order valence-corrected chi connectivity index (χ1v) is 7.70. The van der Waals surface area contributed by atoms with E-state index in [4.69, 9.17) is 4.74 Å². The number of aromatic hydroxyl groups is 2. The van der Waals surface area contributed by atoms with Crippen LogP contribution in [-0.2, 0) is 5.41 Å². The molecule has 4 bridgehead atoms. The molecule has 0 amide bonds. The Morgan fingerprint density at radius 3 is 2.05 bits per heavy atom. The molecule has 4 fully saturated rings. The number of hydrogen-bond acceptors (Lipinski definition) is 3. The molecule has 0 saturated heterocycles. The molecule has 0 heterocycles. The van der Waals surface area contributed by atoms with Crippen LogP contribution in [0, 0.1) is 17.8 Å². The SMILES string of the molecule is COc1cc(C23CC4CC(CC(C4)C2)C3)cc(O)c1O. The monoisotopic (exact) mass is 274 g/mol. The van der Waals surface area contributed by atoms with Gasteiger partial charge in [-0.25, -0.2) is 0 Å². The predicted molar refractivity (Wildman–Crippen MR) is 76.2 cm³/mol. The zero-order valence-corrected chi connectivity index (χ0v) is 11.9. The van der Waals surface area contributed by atoms with Gasteiger partial charge in [0.25, 0.3) is 0 Å². The Kier molecular flexibility index (Phi) is 2.51. The highest BCUT2D eigenvalue weighted by Gasteiger charge is 2.51. The predicted octanol–water partition coefficient (Wildman–Crippen LogP) is 3.57. The molecule has 0 atom stereocenters. The lowest BCUT2D eigenvalue weighted by molar-refractivity contribution is -0.00538. The van der Waals surface area contributed by atoms with Crippen molar-refractivity contribution in [3.05, 3.63) is 17.7 Å². The Morgan fingerprint density at radius 1 is 1.00 bits per heavy atom. The molecule has 108 valence electrons. The van der Waals surface area contributed by atoms with Crippen molar-refractivity contribution < 1.29 is 14.9 Å². The van der Waals surface area contributed by atoms with E-state index in [-0.39, 0.29) is 16.9 Å². The van der Waals surface area contributed by atoms with Crippen LogP contribution in [0.5, 0.6) is 17.2 Å². The summed E-state index contributed by atoms with van der Waals surface area (Å²) in [7, 11) is 1.54. The molecule has 0 aliphatic heterocycles. The molecule has 0 spiro atoms. The van der Waals surface area contributed by atoms with Gasteiger partial charge in [0.2, 0.25) is 5.75 Å². The van der Waals surface area contributed by atoms with Crippen molar-refractivity contribution in [3.8, 4) is 17.2 Å². The first-order chi connectivity index (χ1) is 9.59. The Hall–Kier alpha value is -1.38. The van der Waals surface area contributed by atoms with Gasteiger partial charge < -0.3 is 14.9 Å². The maximum absolute atomic E-state index is 9.98.